The van der Waals surface area contributed by atoms with Crippen LogP contribution >= 0.6 is 0 Å². The average Bonchev–Trinajstić information content (AvgIpc) is 2.49. The Morgan fingerprint density at radius 2 is 1.50 bits per heavy atom. The van der Waals surface area contributed by atoms with Gasteiger partial charge in [0.1, 0.15) is 0 Å². The smallest absolute Gasteiger partial charge is 0.195 e. The quantitative estimate of drug-likeness (QED) is 0.560. The van der Waals surface area contributed by atoms with Gasteiger partial charge in [0.15, 0.2) is 5.78 Å². The van der Waals surface area contributed by atoms with Gasteiger partial charge in [-0.05, 0) is 29.3 Å². The molecule has 0 aliphatic carbocycles. The molecular formula is C18H15NO. The molecule has 0 aliphatic heterocycles. The first-order chi connectivity index (χ1) is 9.68. The maximum absolute atomic E-state index is 12.8. The van der Waals surface area contributed by atoms with E-state index in [1.165, 1.54) is 0 Å². The minimum Gasteiger partial charge on any atom is -0.398 e. The number of hydrogen-bond acceptors (Lipinski definition) is 2. The molecule has 3 aromatic carbocycles. The van der Waals surface area contributed by atoms with E-state index < -0.39 is 0 Å². The van der Waals surface area contributed by atoms with Crippen LogP contribution in [0.1, 0.15) is 21.5 Å². The zero-order chi connectivity index (χ0) is 14.1. The molecule has 0 aromatic heterocycles. The van der Waals surface area contributed by atoms with Crippen LogP contribution < -0.4 is 5.73 Å². The fourth-order valence-corrected chi connectivity index (χ4v) is 2.45. The number of fused-ring (bicyclic) bond motifs is 1. The third-order valence-corrected chi connectivity index (χ3v) is 3.60. The summed E-state index contributed by atoms with van der Waals surface area (Å²) in [5.41, 5.74) is 8.80. The average molecular weight is 261 g/mol. The predicted molar refractivity (Wildman–Crippen MR) is 83.0 cm³/mol. The molecular weight excluding hydrogens is 246 g/mol. The lowest BCUT2D eigenvalue weighted by Crippen LogP contribution is -2.07. The van der Waals surface area contributed by atoms with Crippen LogP contribution in [0.15, 0.2) is 60.7 Å². The molecule has 2 N–H and O–H groups in total. The number of nitrogen functional groups attached to an aromatic ring is 1. The summed E-state index contributed by atoms with van der Waals surface area (Å²) >= 11 is 0. The molecule has 2 heteroatoms. The molecule has 0 radical (unpaired) electrons. The van der Waals surface area contributed by atoms with E-state index >= 15 is 0 Å². The van der Waals surface area contributed by atoms with Crippen LogP contribution in [0.3, 0.4) is 0 Å². The van der Waals surface area contributed by atoms with E-state index in [-0.39, 0.29) is 5.78 Å². The van der Waals surface area contributed by atoms with Gasteiger partial charge in [-0.3, -0.25) is 4.79 Å². The second kappa shape index (κ2) is 4.82. The fraction of sp³-hybridized carbons (Fsp3) is 0.0556. The van der Waals surface area contributed by atoms with Crippen molar-refractivity contribution in [2.45, 2.75) is 6.92 Å². The van der Waals surface area contributed by atoms with Crippen molar-refractivity contribution in [2.75, 3.05) is 5.73 Å². The van der Waals surface area contributed by atoms with Crippen molar-refractivity contribution in [1.82, 2.24) is 0 Å². The highest BCUT2D eigenvalue weighted by Gasteiger charge is 2.15. The second-order valence-corrected chi connectivity index (χ2v) is 4.89. The first-order valence-electron chi connectivity index (χ1n) is 6.56. The Labute approximate surface area is 117 Å². The van der Waals surface area contributed by atoms with E-state index in [1.807, 2.05) is 61.5 Å². The van der Waals surface area contributed by atoms with Gasteiger partial charge in [0.25, 0.3) is 0 Å². The Hall–Kier alpha value is -2.61. The van der Waals surface area contributed by atoms with Gasteiger partial charge in [-0.1, -0.05) is 54.6 Å². The highest BCUT2D eigenvalue weighted by Crippen LogP contribution is 2.25. The number of carbonyl (C=O) groups is 1. The van der Waals surface area contributed by atoms with Gasteiger partial charge >= 0.3 is 0 Å². The van der Waals surface area contributed by atoms with Gasteiger partial charge in [-0.15, -0.1) is 0 Å². The normalized spacial score (nSPS) is 10.7. The van der Waals surface area contributed by atoms with E-state index in [1.54, 1.807) is 6.07 Å². The maximum atomic E-state index is 12.8. The van der Waals surface area contributed by atoms with Gasteiger partial charge < -0.3 is 5.73 Å². The molecule has 0 saturated heterocycles. The highest BCUT2D eigenvalue weighted by atomic mass is 16.1. The van der Waals surface area contributed by atoms with E-state index in [0.29, 0.717) is 16.8 Å². The summed E-state index contributed by atoms with van der Waals surface area (Å²) in [6.45, 7) is 1.91. The van der Waals surface area contributed by atoms with Gasteiger partial charge in [-0.2, -0.15) is 0 Å². The molecule has 0 spiro atoms. The van der Waals surface area contributed by atoms with E-state index in [9.17, 15) is 4.79 Å². The van der Waals surface area contributed by atoms with Crippen LogP contribution in [0.4, 0.5) is 5.69 Å². The number of ketones is 1. The topological polar surface area (TPSA) is 43.1 Å². The van der Waals surface area contributed by atoms with Crippen LogP contribution in [0.25, 0.3) is 10.8 Å². The minimum absolute atomic E-state index is 0.0250. The molecule has 0 amide bonds. The first kappa shape index (κ1) is 12.4. The van der Waals surface area contributed by atoms with E-state index in [0.717, 1.165) is 16.3 Å². The summed E-state index contributed by atoms with van der Waals surface area (Å²) in [5.74, 6) is -0.0250. The van der Waals surface area contributed by atoms with Crippen molar-refractivity contribution in [2.24, 2.45) is 0 Å². The summed E-state index contributed by atoms with van der Waals surface area (Å²) in [5, 5.41) is 2.02. The largest absolute Gasteiger partial charge is 0.398 e. The number of rotatable bonds is 2. The summed E-state index contributed by atoms with van der Waals surface area (Å²) in [6, 6.07) is 19.2. The molecule has 0 unspecified atom stereocenters. The van der Waals surface area contributed by atoms with Crippen LogP contribution in [-0.4, -0.2) is 5.78 Å². The van der Waals surface area contributed by atoms with Gasteiger partial charge in [-0.25, -0.2) is 0 Å². The Kier molecular flexibility index (Phi) is 2.99. The molecule has 2 nitrogen and oxygen atoms in total. The summed E-state index contributed by atoms with van der Waals surface area (Å²) < 4.78 is 0. The van der Waals surface area contributed by atoms with Crippen LogP contribution in [-0.2, 0) is 0 Å². The van der Waals surface area contributed by atoms with Crippen molar-refractivity contribution in [3.05, 3.63) is 77.4 Å². The third kappa shape index (κ3) is 1.95. The number of anilines is 1. The molecule has 0 bridgehead atoms. The lowest BCUT2D eigenvalue weighted by molar-refractivity contribution is 0.104. The Balaban J connectivity index is 2.21. The van der Waals surface area contributed by atoms with Crippen molar-refractivity contribution >= 4 is 22.2 Å². The summed E-state index contributed by atoms with van der Waals surface area (Å²) in [6.07, 6.45) is 0. The Bertz CT molecular complexity index is 800. The maximum Gasteiger partial charge on any atom is 0.195 e. The monoisotopic (exact) mass is 261 g/mol. The Morgan fingerprint density at radius 1 is 0.850 bits per heavy atom. The number of para-hydroxylation sites is 1. The minimum atomic E-state index is -0.0250. The molecule has 0 aliphatic rings. The van der Waals surface area contributed by atoms with Crippen LogP contribution in [0, 0.1) is 6.92 Å². The molecule has 0 saturated carbocycles. The predicted octanol–water partition coefficient (Wildman–Crippen LogP) is 3.96. The number of benzene rings is 3. The van der Waals surface area contributed by atoms with E-state index in [2.05, 4.69) is 0 Å². The summed E-state index contributed by atoms with van der Waals surface area (Å²) in [7, 11) is 0. The number of aryl methyl sites for hydroxylation is 1. The van der Waals surface area contributed by atoms with Gasteiger partial charge in [0.05, 0.1) is 0 Å². The van der Waals surface area contributed by atoms with Crippen molar-refractivity contribution in [3.8, 4) is 0 Å². The zero-order valence-electron chi connectivity index (χ0n) is 11.3. The third-order valence-electron chi connectivity index (χ3n) is 3.60. The molecule has 0 fully saturated rings. The lowest BCUT2D eigenvalue weighted by atomic mass is 9.95. The highest BCUT2D eigenvalue weighted by molar-refractivity contribution is 6.18. The molecule has 98 valence electrons. The van der Waals surface area contributed by atoms with Gasteiger partial charge in [0, 0.05) is 16.8 Å². The zero-order valence-corrected chi connectivity index (χ0v) is 11.3. The number of hydrogen-bond donors (Lipinski definition) is 1. The molecule has 3 aromatic rings. The molecule has 0 atom stereocenters. The van der Waals surface area contributed by atoms with Crippen LogP contribution in [0.5, 0.6) is 0 Å². The first-order valence-corrected chi connectivity index (χ1v) is 6.56. The van der Waals surface area contributed by atoms with Crippen LogP contribution in [0.2, 0.25) is 0 Å². The van der Waals surface area contributed by atoms with Crippen molar-refractivity contribution in [1.29, 1.82) is 0 Å². The van der Waals surface area contributed by atoms with E-state index in [4.69, 9.17) is 5.73 Å². The number of carbonyl (C=O) groups excluding carboxylic acids is 1. The molecule has 0 heterocycles. The van der Waals surface area contributed by atoms with Crippen molar-refractivity contribution < 1.29 is 4.79 Å². The number of nitrogens with two attached hydrogens (primary N) is 1. The molecule has 3 rings (SSSR count). The van der Waals surface area contributed by atoms with Crippen molar-refractivity contribution in [3.63, 3.8) is 0 Å². The molecule has 20 heavy (non-hydrogen) atoms. The lowest BCUT2D eigenvalue weighted by Gasteiger charge is -2.09. The Morgan fingerprint density at radius 3 is 2.35 bits per heavy atom. The second-order valence-electron chi connectivity index (χ2n) is 4.89. The van der Waals surface area contributed by atoms with Gasteiger partial charge in [0.2, 0.25) is 0 Å². The fourth-order valence-electron chi connectivity index (χ4n) is 2.45. The summed E-state index contributed by atoms with van der Waals surface area (Å²) in [4.78, 5) is 12.8. The SMILES string of the molecule is Cc1cccc(C(=O)c2cccc3ccccc23)c1N. The standard InChI is InChI=1S/C18H15NO/c1-12-6-4-11-16(17(12)19)18(20)15-10-5-8-13-7-2-3-9-14(13)15/h2-11H,19H2,1H3.